The molecule has 0 spiro atoms. The second-order valence-electron chi connectivity index (χ2n) is 12.0. The van der Waals surface area contributed by atoms with Crippen LogP contribution in [0.2, 0.25) is 0 Å². The lowest BCUT2D eigenvalue weighted by atomic mass is 9.60. The van der Waals surface area contributed by atoms with Gasteiger partial charge in [0, 0.05) is 6.42 Å². The van der Waals surface area contributed by atoms with Gasteiger partial charge in [-0.3, -0.25) is 0 Å². The molecule has 3 aliphatic carbocycles. The van der Waals surface area contributed by atoms with Crippen molar-refractivity contribution in [2.24, 2.45) is 23.2 Å². The largest absolute Gasteiger partial charge is 0.393 e. The van der Waals surface area contributed by atoms with Crippen LogP contribution in [0.15, 0.2) is 35.5 Å². The number of allylic oxidation sites excluding steroid dienone is 3. The third-order valence-electron chi connectivity index (χ3n) is 8.80. The van der Waals surface area contributed by atoms with Crippen LogP contribution < -0.4 is 0 Å². The van der Waals surface area contributed by atoms with Crippen molar-refractivity contribution < 1.29 is 15.3 Å². The van der Waals surface area contributed by atoms with Crippen molar-refractivity contribution in [1.29, 1.82) is 0 Å². The Balaban J connectivity index is 1.72. The normalized spacial score (nSPS) is 40.4. The highest BCUT2D eigenvalue weighted by atomic mass is 16.3. The zero-order chi connectivity index (χ0) is 23.0. The van der Waals surface area contributed by atoms with Gasteiger partial charge in [-0.2, -0.15) is 0 Å². The van der Waals surface area contributed by atoms with Gasteiger partial charge in [-0.25, -0.2) is 0 Å². The number of hydrogen-bond acceptors (Lipinski definition) is 3. The number of rotatable bonds is 6. The first-order valence-corrected chi connectivity index (χ1v) is 12.6. The fraction of sp³-hybridized carbons (Fsp3) is 0.786. The predicted molar refractivity (Wildman–Crippen MR) is 129 cm³/mol. The van der Waals surface area contributed by atoms with Crippen molar-refractivity contribution in [3.8, 4) is 0 Å². The van der Waals surface area contributed by atoms with E-state index in [4.69, 9.17) is 0 Å². The van der Waals surface area contributed by atoms with Gasteiger partial charge in [-0.15, -0.1) is 0 Å². The van der Waals surface area contributed by atoms with Gasteiger partial charge >= 0.3 is 0 Å². The molecule has 3 fully saturated rings. The standard InChI is InChI=1S/C28H46O3/c1-19(9-7-15-26(3,4)30)24-13-14-25-21(10-8-16-27(24,25)5)11-12-22-17-23(29)18-28(6,31)20(22)2/h11-12,19,23-25,29-31H,2,7-10,13-18H2,1,3-6H3/b21-11+,22-12-/t19-,23+,24+,25-,27+,28-/m0/s1. The van der Waals surface area contributed by atoms with E-state index in [2.05, 4.69) is 32.6 Å². The molecule has 3 saturated carbocycles. The van der Waals surface area contributed by atoms with Crippen LogP contribution in [0, 0.1) is 23.2 Å². The van der Waals surface area contributed by atoms with Crippen LogP contribution in [0.1, 0.15) is 98.8 Å². The number of aliphatic hydroxyl groups excluding tert-OH is 1. The van der Waals surface area contributed by atoms with E-state index in [1.807, 2.05) is 13.8 Å². The van der Waals surface area contributed by atoms with Crippen LogP contribution in [-0.4, -0.2) is 32.6 Å². The minimum Gasteiger partial charge on any atom is -0.393 e. The van der Waals surface area contributed by atoms with E-state index < -0.39 is 17.3 Å². The quantitative estimate of drug-likeness (QED) is 0.477. The Kier molecular flexibility index (Phi) is 7.30. The van der Waals surface area contributed by atoms with Gasteiger partial charge < -0.3 is 15.3 Å². The summed E-state index contributed by atoms with van der Waals surface area (Å²) in [5.41, 5.74) is 2.11. The van der Waals surface area contributed by atoms with Crippen molar-refractivity contribution in [2.75, 3.05) is 0 Å². The summed E-state index contributed by atoms with van der Waals surface area (Å²) in [6, 6.07) is 0. The SMILES string of the molecule is C=C1/C(=C\C=C2/CCC[C@]3(C)[C@@H]([C@@H](C)CCCC(C)(C)O)CC[C@@H]23)C[C@@H](O)C[C@]1(C)O. The molecule has 0 aromatic heterocycles. The average molecular weight is 431 g/mol. The van der Waals surface area contributed by atoms with Crippen molar-refractivity contribution in [1.82, 2.24) is 0 Å². The van der Waals surface area contributed by atoms with Gasteiger partial charge in [0.15, 0.2) is 0 Å². The number of aliphatic hydroxyl groups is 3. The molecule has 0 heterocycles. The summed E-state index contributed by atoms with van der Waals surface area (Å²) < 4.78 is 0. The molecule has 0 unspecified atom stereocenters. The van der Waals surface area contributed by atoms with Crippen molar-refractivity contribution in [3.63, 3.8) is 0 Å². The second kappa shape index (κ2) is 9.15. The van der Waals surface area contributed by atoms with E-state index in [1.54, 1.807) is 12.5 Å². The molecular weight excluding hydrogens is 384 g/mol. The summed E-state index contributed by atoms with van der Waals surface area (Å²) in [7, 11) is 0. The van der Waals surface area contributed by atoms with Gasteiger partial charge in [0.1, 0.15) is 0 Å². The predicted octanol–water partition coefficient (Wildman–Crippen LogP) is 6.09. The third-order valence-corrected chi connectivity index (χ3v) is 8.80. The molecule has 0 bridgehead atoms. The monoisotopic (exact) mass is 430 g/mol. The topological polar surface area (TPSA) is 60.7 Å². The molecule has 3 nitrogen and oxygen atoms in total. The Hall–Kier alpha value is -0.900. The van der Waals surface area contributed by atoms with E-state index >= 15 is 0 Å². The Morgan fingerprint density at radius 2 is 1.94 bits per heavy atom. The summed E-state index contributed by atoms with van der Waals surface area (Å²) in [5.74, 6) is 2.09. The molecule has 3 heteroatoms. The zero-order valence-electron chi connectivity index (χ0n) is 20.6. The highest BCUT2D eigenvalue weighted by Crippen LogP contribution is 2.60. The molecule has 6 atom stereocenters. The van der Waals surface area contributed by atoms with Crippen LogP contribution in [-0.2, 0) is 0 Å². The first-order chi connectivity index (χ1) is 14.3. The Labute approximate surface area is 190 Å². The molecule has 176 valence electrons. The Morgan fingerprint density at radius 3 is 2.61 bits per heavy atom. The van der Waals surface area contributed by atoms with Gasteiger partial charge in [0.2, 0.25) is 0 Å². The smallest absolute Gasteiger partial charge is 0.0890 e. The minimum absolute atomic E-state index is 0.366. The van der Waals surface area contributed by atoms with Gasteiger partial charge in [0.25, 0.3) is 0 Å². The molecule has 0 aliphatic heterocycles. The fourth-order valence-electron chi connectivity index (χ4n) is 7.03. The van der Waals surface area contributed by atoms with E-state index in [-0.39, 0.29) is 0 Å². The second-order valence-corrected chi connectivity index (χ2v) is 12.0. The van der Waals surface area contributed by atoms with Crippen molar-refractivity contribution in [2.45, 2.75) is 116 Å². The van der Waals surface area contributed by atoms with Crippen LogP contribution in [0.3, 0.4) is 0 Å². The number of hydrogen-bond donors (Lipinski definition) is 3. The van der Waals surface area contributed by atoms with Crippen molar-refractivity contribution >= 4 is 0 Å². The average Bonchev–Trinajstić information content (AvgIpc) is 2.99. The third kappa shape index (κ3) is 5.54. The van der Waals surface area contributed by atoms with Crippen molar-refractivity contribution in [3.05, 3.63) is 35.5 Å². The Morgan fingerprint density at radius 1 is 1.23 bits per heavy atom. The molecular formula is C28H46O3. The van der Waals surface area contributed by atoms with E-state index in [0.29, 0.717) is 30.1 Å². The molecule has 3 N–H and O–H groups in total. The number of fused-ring (bicyclic) bond motifs is 1. The molecule has 0 amide bonds. The highest BCUT2D eigenvalue weighted by Gasteiger charge is 2.50. The summed E-state index contributed by atoms with van der Waals surface area (Å²) in [6.45, 7) is 14.7. The first-order valence-electron chi connectivity index (χ1n) is 12.6. The van der Waals surface area contributed by atoms with E-state index in [0.717, 1.165) is 36.3 Å². The summed E-state index contributed by atoms with van der Waals surface area (Å²) >= 11 is 0. The Bertz CT molecular complexity index is 723. The van der Waals surface area contributed by atoms with Crippen LogP contribution in [0.5, 0.6) is 0 Å². The highest BCUT2D eigenvalue weighted by molar-refractivity contribution is 5.41. The maximum Gasteiger partial charge on any atom is 0.0890 e. The van der Waals surface area contributed by atoms with Gasteiger partial charge in [-0.1, -0.05) is 51.0 Å². The summed E-state index contributed by atoms with van der Waals surface area (Å²) in [4.78, 5) is 0. The zero-order valence-corrected chi connectivity index (χ0v) is 20.6. The molecule has 0 aromatic carbocycles. The van der Waals surface area contributed by atoms with Gasteiger partial charge in [-0.05, 0) is 100 Å². The van der Waals surface area contributed by atoms with Crippen LogP contribution in [0.25, 0.3) is 0 Å². The molecule has 0 saturated heterocycles. The van der Waals surface area contributed by atoms with Gasteiger partial charge in [0.05, 0.1) is 17.3 Å². The molecule has 0 radical (unpaired) electrons. The molecule has 0 aromatic rings. The van der Waals surface area contributed by atoms with E-state index in [1.165, 1.54) is 32.1 Å². The fourth-order valence-corrected chi connectivity index (χ4v) is 7.03. The molecule has 3 aliphatic rings. The summed E-state index contributed by atoms with van der Waals surface area (Å²) in [5, 5.41) is 30.8. The maximum atomic E-state index is 10.6. The maximum absolute atomic E-state index is 10.6. The lowest BCUT2D eigenvalue weighted by Gasteiger charge is -2.44. The minimum atomic E-state index is -1.01. The first kappa shape index (κ1) is 24.7. The molecule has 3 rings (SSSR count). The molecule has 31 heavy (non-hydrogen) atoms. The van der Waals surface area contributed by atoms with E-state index in [9.17, 15) is 15.3 Å². The summed E-state index contributed by atoms with van der Waals surface area (Å²) in [6.07, 6.45) is 14.4. The van der Waals surface area contributed by atoms with Crippen LogP contribution in [0.4, 0.5) is 0 Å². The van der Waals surface area contributed by atoms with Crippen LogP contribution >= 0.6 is 0 Å². The lowest BCUT2D eigenvalue weighted by molar-refractivity contribution is 0.0204. The lowest BCUT2D eigenvalue weighted by Crippen LogP contribution is -2.37.